The van der Waals surface area contributed by atoms with Crippen molar-refractivity contribution < 1.29 is 9.53 Å². The zero-order valence-electron chi connectivity index (χ0n) is 8.70. The summed E-state index contributed by atoms with van der Waals surface area (Å²) in [5.74, 6) is 0.576. The highest BCUT2D eigenvalue weighted by atomic mass is 79.9. The molecular weight excluding hydrogens is 272 g/mol. The average Bonchev–Trinajstić information content (AvgIpc) is 2.58. The molecule has 1 heterocycles. The first-order chi connectivity index (χ1) is 7.65. The maximum absolute atomic E-state index is 10.5. The van der Waals surface area contributed by atoms with E-state index < -0.39 is 0 Å². The third-order valence-electron chi connectivity index (χ3n) is 2.43. The number of nitrogens with one attached hydrogen (secondary N) is 1. The number of rotatable bonds is 4. The number of ether oxygens (including phenoxy) is 1. The van der Waals surface area contributed by atoms with Gasteiger partial charge in [0.25, 0.3) is 0 Å². The van der Waals surface area contributed by atoms with Gasteiger partial charge < -0.3 is 15.8 Å². The molecular formula is C11H13BrN2O2. The van der Waals surface area contributed by atoms with Crippen LogP contribution in [-0.4, -0.2) is 25.1 Å². The molecule has 0 saturated carbocycles. The quantitative estimate of drug-likeness (QED) is 0.861. The zero-order valence-corrected chi connectivity index (χ0v) is 10.3. The Hall–Kier alpha value is -1.07. The van der Waals surface area contributed by atoms with E-state index >= 15 is 0 Å². The Balaban J connectivity index is 1.88. The molecule has 2 rings (SSSR count). The van der Waals surface area contributed by atoms with Gasteiger partial charge in [0.15, 0.2) is 0 Å². The van der Waals surface area contributed by atoms with Crippen LogP contribution in [0.1, 0.15) is 5.56 Å². The van der Waals surface area contributed by atoms with E-state index in [2.05, 4.69) is 27.3 Å². The number of hydrogen-bond donors (Lipinski definition) is 2. The van der Waals surface area contributed by atoms with Crippen LogP contribution in [0.2, 0.25) is 0 Å². The van der Waals surface area contributed by atoms with E-state index in [1.54, 1.807) is 0 Å². The molecule has 1 aliphatic rings. The van der Waals surface area contributed by atoms with Crippen LogP contribution < -0.4 is 15.8 Å². The van der Waals surface area contributed by atoms with Gasteiger partial charge in [0.1, 0.15) is 11.9 Å². The van der Waals surface area contributed by atoms with Crippen molar-refractivity contribution in [3.05, 3.63) is 28.2 Å². The normalized spacial score (nSPS) is 17.9. The van der Waals surface area contributed by atoms with Crippen molar-refractivity contribution in [2.75, 3.05) is 13.1 Å². The molecule has 1 aliphatic heterocycles. The van der Waals surface area contributed by atoms with Gasteiger partial charge in [0.2, 0.25) is 5.91 Å². The highest BCUT2D eigenvalue weighted by molar-refractivity contribution is 9.10. The van der Waals surface area contributed by atoms with E-state index in [-0.39, 0.29) is 18.6 Å². The molecule has 3 N–H and O–H groups in total. The van der Waals surface area contributed by atoms with Gasteiger partial charge in [-0.05, 0) is 23.8 Å². The minimum absolute atomic E-state index is 0.0867. The van der Waals surface area contributed by atoms with Crippen LogP contribution >= 0.6 is 15.9 Å². The van der Waals surface area contributed by atoms with Crippen molar-refractivity contribution in [2.45, 2.75) is 12.5 Å². The Labute approximate surface area is 102 Å². The molecule has 1 unspecified atom stereocenters. The summed E-state index contributed by atoms with van der Waals surface area (Å²) in [4.78, 5) is 10.5. The highest BCUT2D eigenvalue weighted by Gasteiger charge is 2.22. The summed E-state index contributed by atoms with van der Waals surface area (Å²) in [6.45, 7) is 0.829. The lowest BCUT2D eigenvalue weighted by Crippen LogP contribution is -2.35. The number of primary amides is 1. The predicted octanol–water partition coefficient (Wildman–Crippen LogP) is 0.828. The van der Waals surface area contributed by atoms with E-state index in [9.17, 15) is 4.79 Å². The summed E-state index contributed by atoms with van der Waals surface area (Å²) in [5, 5.41) is 2.96. The first-order valence-electron chi connectivity index (χ1n) is 5.09. The molecule has 0 fully saturated rings. The Morgan fingerprint density at radius 3 is 3.19 bits per heavy atom. The molecule has 16 heavy (non-hydrogen) atoms. The predicted molar refractivity (Wildman–Crippen MR) is 64.3 cm³/mol. The minimum Gasteiger partial charge on any atom is -0.488 e. The largest absolute Gasteiger partial charge is 0.488 e. The fraction of sp³-hybridized carbons (Fsp3) is 0.364. The number of halogens is 1. The average molecular weight is 285 g/mol. The third kappa shape index (κ3) is 2.74. The van der Waals surface area contributed by atoms with Crippen LogP contribution in [0.25, 0.3) is 0 Å². The maximum Gasteiger partial charge on any atom is 0.231 e. The first-order valence-corrected chi connectivity index (χ1v) is 5.88. The van der Waals surface area contributed by atoms with Crippen LogP contribution in [0.4, 0.5) is 0 Å². The minimum atomic E-state index is -0.349. The number of carbonyl (C=O) groups excluding carboxylic acids is 1. The monoisotopic (exact) mass is 284 g/mol. The Morgan fingerprint density at radius 1 is 1.62 bits per heavy atom. The summed E-state index contributed by atoms with van der Waals surface area (Å²) in [6.07, 6.45) is 0.948. The SMILES string of the molecule is NC(=O)CNCC1Cc2cc(Br)ccc2O1. The summed E-state index contributed by atoms with van der Waals surface area (Å²) < 4.78 is 6.76. The molecule has 0 aliphatic carbocycles. The van der Waals surface area contributed by atoms with Crippen LogP contribution in [0.5, 0.6) is 5.75 Å². The summed E-state index contributed by atoms with van der Waals surface area (Å²) in [6, 6.07) is 5.97. The van der Waals surface area contributed by atoms with Gasteiger partial charge in [-0.2, -0.15) is 0 Å². The van der Waals surface area contributed by atoms with Crippen LogP contribution in [0.3, 0.4) is 0 Å². The lowest BCUT2D eigenvalue weighted by molar-refractivity contribution is -0.117. The molecule has 0 bridgehead atoms. The van der Waals surface area contributed by atoms with E-state index in [1.807, 2.05) is 12.1 Å². The van der Waals surface area contributed by atoms with Gasteiger partial charge in [0, 0.05) is 17.4 Å². The second kappa shape index (κ2) is 4.84. The second-order valence-corrected chi connectivity index (χ2v) is 4.71. The first kappa shape index (κ1) is 11.4. The number of amides is 1. The van der Waals surface area contributed by atoms with Gasteiger partial charge in [0.05, 0.1) is 6.54 Å². The molecule has 5 heteroatoms. The molecule has 0 aromatic heterocycles. The van der Waals surface area contributed by atoms with Crippen LogP contribution in [0, 0.1) is 0 Å². The molecule has 0 spiro atoms. The molecule has 1 amide bonds. The Bertz CT molecular complexity index is 409. The number of nitrogens with two attached hydrogens (primary N) is 1. The van der Waals surface area contributed by atoms with Crippen molar-refractivity contribution in [2.24, 2.45) is 5.73 Å². The summed E-state index contributed by atoms with van der Waals surface area (Å²) in [7, 11) is 0. The van der Waals surface area contributed by atoms with Crippen LogP contribution in [0.15, 0.2) is 22.7 Å². The van der Waals surface area contributed by atoms with Crippen molar-refractivity contribution in [1.82, 2.24) is 5.32 Å². The van der Waals surface area contributed by atoms with Gasteiger partial charge in [-0.25, -0.2) is 0 Å². The third-order valence-corrected chi connectivity index (χ3v) is 2.93. The fourth-order valence-electron chi connectivity index (χ4n) is 1.76. The number of hydrogen-bond acceptors (Lipinski definition) is 3. The van der Waals surface area contributed by atoms with E-state index in [0.29, 0.717) is 6.54 Å². The smallest absolute Gasteiger partial charge is 0.231 e. The topological polar surface area (TPSA) is 64.4 Å². The Kier molecular flexibility index (Phi) is 3.46. The second-order valence-electron chi connectivity index (χ2n) is 3.79. The molecule has 0 saturated heterocycles. The van der Waals surface area contributed by atoms with Gasteiger partial charge in [-0.15, -0.1) is 0 Å². The van der Waals surface area contributed by atoms with Gasteiger partial charge in [-0.3, -0.25) is 4.79 Å². The molecule has 1 aromatic carbocycles. The molecule has 1 aromatic rings. The highest BCUT2D eigenvalue weighted by Crippen LogP contribution is 2.30. The number of benzene rings is 1. The van der Waals surface area contributed by atoms with Crippen molar-refractivity contribution in [3.63, 3.8) is 0 Å². The molecule has 1 atom stereocenters. The van der Waals surface area contributed by atoms with Crippen molar-refractivity contribution in [1.29, 1.82) is 0 Å². The lowest BCUT2D eigenvalue weighted by atomic mass is 10.1. The summed E-state index contributed by atoms with van der Waals surface area (Å²) >= 11 is 3.42. The van der Waals surface area contributed by atoms with Crippen LogP contribution in [-0.2, 0) is 11.2 Å². The maximum atomic E-state index is 10.5. The molecule has 0 radical (unpaired) electrons. The van der Waals surface area contributed by atoms with Crippen molar-refractivity contribution >= 4 is 21.8 Å². The van der Waals surface area contributed by atoms with E-state index in [1.165, 1.54) is 5.56 Å². The zero-order chi connectivity index (χ0) is 11.5. The van der Waals surface area contributed by atoms with Gasteiger partial charge >= 0.3 is 0 Å². The van der Waals surface area contributed by atoms with Gasteiger partial charge in [-0.1, -0.05) is 15.9 Å². The summed E-state index contributed by atoms with van der Waals surface area (Å²) in [5.41, 5.74) is 6.23. The van der Waals surface area contributed by atoms with E-state index in [0.717, 1.165) is 16.6 Å². The molecule has 4 nitrogen and oxygen atoms in total. The lowest BCUT2D eigenvalue weighted by Gasteiger charge is -2.10. The standard InChI is InChI=1S/C11H13BrN2O2/c12-8-1-2-10-7(3-8)4-9(16-10)5-14-6-11(13)15/h1-3,9,14H,4-6H2,(H2,13,15). The number of carbonyl (C=O) groups is 1. The van der Waals surface area contributed by atoms with E-state index in [4.69, 9.17) is 10.5 Å². The fourth-order valence-corrected chi connectivity index (χ4v) is 2.17. The molecule has 86 valence electrons. The van der Waals surface area contributed by atoms with Crippen molar-refractivity contribution in [3.8, 4) is 5.75 Å². The Morgan fingerprint density at radius 2 is 2.44 bits per heavy atom. The number of fused-ring (bicyclic) bond motifs is 1.